The summed E-state index contributed by atoms with van der Waals surface area (Å²) >= 11 is 0. The van der Waals surface area contributed by atoms with Crippen LogP contribution < -0.4 is 4.74 Å². The van der Waals surface area contributed by atoms with E-state index in [1.54, 1.807) is 30.3 Å². The van der Waals surface area contributed by atoms with Crippen LogP contribution in [0.2, 0.25) is 0 Å². The number of esters is 5. The van der Waals surface area contributed by atoms with Crippen molar-refractivity contribution in [2.75, 3.05) is 26.4 Å². The van der Waals surface area contributed by atoms with Crippen LogP contribution in [-0.4, -0.2) is 56.3 Å². The van der Waals surface area contributed by atoms with Gasteiger partial charge in [0.05, 0.1) is 37.6 Å². The fourth-order valence-electron chi connectivity index (χ4n) is 3.16. The molecule has 0 aliphatic rings. The van der Waals surface area contributed by atoms with E-state index in [9.17, 15) is 24.0 Å². The minimum absolute atomic E-state index is 0.0200. The summed E-state index contributed by atoms with van der Waals surface area (Å²) in [5.41, 5.74) is 1.95. The standard InChI is InChI=1S/C32H34O10/c1-20(2)28(33)38-15-7-17-40-31(36)26-14-11-24(23-9-12-25(13-10-23)42-30(35)22(5)6)19-27(26)32(37)41-18-8-16-39-29(34)21(3)4/h9-14,19H,1,3,5,7-8,15-18H2,2,4,6H3. The van der Waals surface area contributed by atoms with E-state index in [1.807, 2.05) is 0 Å². The molecular formula is C32H34O10. The highest BCUT2D eigenvalue weighted by Gasteiger charge is 2.21. The summed E-state index contributed by atoms with van der Waals surface area (Å²) in [6.45, 7) is 15.0. The molecule has 0 unspecified atom stereocenters. The van der Waals surface area contributed by atoms with Gasteiger partial charge in [-0.05, 0) is 56.2 Å². The monoisotopic (exact) mass is 578 g/mol. The number of ether oxygens (including phenoxy) is 5. The van der Waals surface area contributed by atoms with Crippen molar-refractivity contribution in [3.05, 3.63) is 90.0 Å². The van der Waals surface area contributed by atoms with Gasteiger partial charge in [0.2, 0.25) is 0 Å². The van der Waals surface area contributed by atoms with Crippen LogP contribution >= 0.6 is 0 Å². The SMILES string of the molecule is C=C(C)C(=O)OCCCOC(=O)c1ccc(-c2ccc(OC(=O)C(=C)C)cc2)cc1C(=O)OCCCOC(=O)C(=C)C. The van der Waals surface area contributed by atoms with Crippen molar-refractivity contribution in [1.82, 2.24) is 0 Å². The van der Waals surface area contributed by atoms with Crippen LogP contribution in [0.25, 0.3) is 11.1 Å². The molecule has 2 rings (SSSR count). The molecule has 0 saturated heterocycles. The first-order chi connectivity index (χ1) is 19.9. The molecule has 0 aromatic heterocycles. The molecule has 0 spiro atoms. The number of benzene rings is 2. The largest absolute Gasteiger partial charge is 0.462 e. The molecule has 42 heavy (non-hydrogen) atoms. The molecule has 10 nitrogen and oxygen atoms in total. The third-order valence-electron chi connectivity index (χ3n) is 5.41. The quantitative estimate of drug-likeness (QED) is 0.0917. The summed E-state index contributed by atoms with van der Waals surface area (Å²) in [6.07, 6.45) is 0.478. The first-order valence-electron chi connectivity index (χ1n) is 13.0. The van der Waals surface area contributed by atoms with Crippen molar-refractivity contribution < 1.29 is 47.7 Å². The lowest BCUT2D eigenvalue weighted by atomic mass is 9.99. The van der Waals surface area contributed by atoms with Crippen LogP contribution in [0.1, 0.15) is 54.3 Å². The number of hydrogen-bond acceptors (Lipinski definition) is 10. The maximum atomic E-state index is 13.0. The molecule has 222 valence electrons. The van der Waals surface area contributed by atoms with Gasteiger partial charge in [-0.15, -0.1) is 0 Å². The molecule has 10 heteroatoms. The van der Waals surface area contributed by atoms with Gasteiger partial charge in [-0.3, -0.25) is 0 Å². The average molecular weight is 579 g/mol. The summed E-state index contributed by atoms with van der Waals surface area (Å²) in [5.74, 6) is -2.88. The maximum Gasteiger partial charge on any atom is 0.339 e. The Hall–Kier alpha value is -4.99. The molecule has 0 aliphatic carbocycles. The minimum Gasteiger partial charge on any atom is -0.462 e. The average Bonchev–Trinajstić information content (AvgIpc) is 2.96. The highest BCUT2D eigenvalue weighted by atomic mass is 16.6. The predicted octanol–water partition coefficient (Wildman–Crippen LogP) is 5.17. The molecule has 0 saturated carbocycles. The second-order valence-corrected chi connectivity index (χ2v) is 9.27. The van der Waals surface area contributed by atoms with Crippen LogP contribution in [0.4, 0.5) is 0 Å². The van der Waals surface area contributed by atoms with E-state index < -0.39 is 29.8 Å². The Kier molecular flexibility index (Phi) is 12.9. The van der Waals surface area contributed by atoms with Gasteiger partial charge in [0.25, 0.3) is 0 Å². The molecule has 0 amide bonds. The van der Waals surface area contributed by atoms with Gasteiger partial charge in [0.15, 0.2) is 0 Å². The highest BCUT2D eigenvalue weighted by Crippen LogP contribution is 2.26. The number of carbonyl (C=O) groups excluding carboxylic acids is 5. The second kappa shape index (κ2) is 16.3. The molecule has 0 radical (unpaired) electrons. The summed E-state index contributed by atoms with van der Waals surface area (Å²) in [5, 5.41) is 0. The van der Waals surface area contributed by atoms with Crippen molar-refractivity contribution in [1.29, 1.82) is 0 Å². The van der Waals surface area contributed by atoms with E-state index in [-0.39, 0.29) is 67.1 Å². The van der Waals surface area contributed by atoms with E-state index in [4.69, 9.17) is 23.7 Å². The van der Waals surface area contributed by atoms with Gasteiger partial charge < -0.3 is 23.7 Å². The Bertz CT molecular complexity index is 1370. The summed E-state index contributed by atoms with van der Waals surface area (Å²) in [4.78, 5) is 60.7. The summed E-state index contributed by atoms with van der Waals surface area (Å²) in [6, 6.07) is 11.1. The molecule has 0 aliphatic heterocycles. The van der Waals surface area contributed by atoms with Crippen LogP contribution in [0.15, 0.2) is 78.9 Å². The zero-order chi connectivity index (χ0) is 31.2. The van der Waals surface area contributed by atoms with Crippen molar-refractivity contribution in [3.8, 4) is 16.9 Å². The molecule has 0 atom stereocenters. The van der Waals surface area contributed by atoms with Gasteiger partial charge in [-0.2, -0.15) is 0 Å². The molecule has 0 N–H and O–H groups in total. The van der Waals surface area contributed by atoms with Crippen molar-refractivity contribution >= 4 is 29.8 Å². The predicted molar refractivity (Wildman–Crippen MR) is 154 cm³/mol. The Labute approximate surface area is 244 Å². The summed E-state index contributed by atoms with van der Waals surface area (Å²) < 4.78 is 25.8. The smallest absolute Gasteiger partial charge is 0.339 e. The topological polar surface area (TPSA) is 132 Å². The van der Waals surface area contributed by atoms with Gasteiger partial charge in [-0.1, -0.05) is 37.9 Å². The van der Waals surface area contributed by atoms with Crippen molar-refractivity contribution in [3.63, 3.8) is 0 Å². The minimum atomic E-state index is -0.780. The number of hydrogen-bond donors (Lipinski definition) is 0. The third-order valence-corrected chi connectivity index (χ3v) is 5.41. The number of carbonyl (C=O) groups is 5. The maximum absolute atomic E-state index is 13.0. The Morgan fingerprint density at radius 3 is 1.45 bits per heavy atom. The fraction of sp³-hybridized carbons (Fsp3) is 0.281. The van der Waals surface area contributed by atoms with Crippen LogP contribution in [0, 0.1) is 0 Å². The van der Waals surface area contributed by atoms with E-state index in [0.717, 1.165) is 0 Å². The van der Waals surface area contributed by atoms with Crippen LogP contribution in [0.5, 0.6) is 5.75 Å². The first-order valence-corrected chi connectivity index (χ1v) is 13.0. The first kappa shape index (κ1) is 33.2. The number of rotatable bonds is 15. The molecule has 2 aromatic carbocycles. The Morgan fingerprint density at radius 1 is 0.548 bits per heavy atom. The second-order valence-electron chi connectivity index (χ2n) is 9.27. The normalized spacial score (nSPS) is 10.2. The molecule has 0 heterocycles. The lowest BCUT2D eigenvalue weighted by Gasteiger charge is -2.13. The fourth-order valence-corrected chi connectivity index (χ4v) is 3.16. The van der Waals surface area contributed by atoms with Crippen molar-refractivity contribution in [2.24, 2.45) is 0 Å². The zero-order valence-corrected chi connectivity index (χ0v) is 24.0. The van der Waals surface area contributed by atoms with Gasteiger partial charge in [0, 0.05) is 29.6 Å². The van der Waals surface area contributed by atoms with E-state index in [0.29, 0.717) is 16.9 Å². The highest BCUT2D eigenvalue weighted by molar-refractivity contribution is 6.04. The molecule has 0 fully saturated rings. The summed E-state index contributed by atoms with van der Waals surface area (Å²) in [7, 11) is 0. The zero-order valence-electron chi connectivity index (χ0n) is 24.0. The van der Waals surface area contributed by atoms with Crippen LogP contribution in [0.3, 0.4) is 0 Å². The van der Waals surface area contributed by atoms with Gasteiger partial charge in [0.1, 0.15) is 5.75 Å². The van der Waals surface area contributed by atoms with Crippen molar-refractivity contribution in [2.45, 2.75) is 33.6 Å². The van der Waals surface area contributed by atoms with E-state index in [2.05, 4.69) is 19.7 Å². The molecule has 0 bridgehead atoms. The Balaban J connectivity index is 2.17. The lowest BCUT2D eigenvalue weighted by Crippen LogP contribution is -2.17. The van der Waals surface area contributed by atoms with E-state index in [1.165, 1.54) is 32.9 Å². The third kappa shape index (κ3) is 10.5. The van der Waals surface area contributed by atoms with Gasteiger partial charge >= 0.3 is 29.8 Å². The Morgan fingerprint density at radius 2 is 0.976 bits per heavy atom. The molecule has 2 aromatic rings. The molecular weight excluding hydrogens is 544 g/mol. The lowest BCUT2D eigenvalue weighted by molar-refractivity contribution is -0.140. The van der Waals surface area contributed by atoms with Gasteiger partial charge in [-0.25, -0.2) is 24.0 Å². The van der Waals surface area contributed by atoms with E-state index >= 15 is 0 Å². The van der Waals surface area contributed by atoms with Crippen LogP contribution in [-0.2, 0) is 33.3 Å².